The summed E-state index contributed by atoms with van der Waals surface area (Å²) in [5.41, 5.74) is 0. The lowest BCUT2D eigenvalue weighted by molar-refractivity contribution is -0.152. The maximum atomic E-state index is 11.6. The van der Waals surface area contributed by atoms with Crippen LogP contribution in [0.1, 0.15) is 0 Å². The molecule has 2 amide bonds. The van der Waals surface area contributed by atoms with E-state index in [2.05, 4.69) is 20.7 Å². The van der Waals surface area contributed by atoms with E-state index in [0.717, 1.165) is 9.37 Å². The Bertz CT molecular complexity index is 561. The summed E-state index contributed by atoms with van der Waals surface area (Å²) in [4.78, 5) is 35.0. The molecule has 0 atom stereocenters. The van der Waals surface area contributed by atoms with Crippen LogP contribution >= 0.6 is 15.9 Å². The van der Waals surface area contributed by atoms with Crippen LogP contribution in [0.5, 0.6) is 5.75 Å². The SMILES string of the molecule is O=C(COc1cccc(Br)c1)OCC(=O)N1CCOC1=O. The molecular formula is C13H12BrNO6. The highest BCUT2D eigenvalue weighted by atomic mass is 79.9. The van der Waals surface area contributed by atoms with Gasteiger partial charge in [-0.3, -0.25) is 4.79 Å². The molecule has 1 aliphatic heterocycles. The fraction of sp³-hybridized carbons (Fsp3) is 0.308. The van der Waals surface area contributed by atoms with Gasteiger partial charge in [0.25, 0.3) is 5.91 Å². The first-order chi connectivity index (χ1) is 10.1. The lowest BCUT2D eigenvalue weighted by Crippen LogP contribution is -2.35. The Morgan fingerprint density at radius 3 is 2.81 bits per heavy atom. The van der Waals surface area contributed by atoms with Gasteiger partial charge in [0.2, 0.25) is 0 Å². The number of rotatable bonds is 5. The van der Waals surface area contributed by atoms with Crippen LogP contribution in [0.2, 0.25) is 0 Å². The molecule has 1 aliphatic rings. The molecule has 8 heteroatoms. The van der Waals surface area contributed by atoms with Crippen molar-refractivity contribution in [1.29, 1.82) is 0 Å². The minimum absolute atomic E-state index is 0.157. The number of halogens is 1. The van der Waals surface area contributed by atoms with Crippen LogP contribution in [0.15, 0.2) is 28.7 Å². The Hall–Kier alpha value is -2.09. The third-order valence-electron chi connectivity index (χ3n) is 2.57. The highest BCUT2D eigenvalue weighted by Crippen LogP contribution is 2.17. The molecule has 7 nitrogen and oxygen atoms in total. The third kappa shape index (κ3) is 4.45. The minimum atomic E-state index is -0.721. The number of esters is 1. The van der Waals surface area contributed by atoms with Crippen molar-refractivity contribution in [1.82, 2.24) is 4.90 Å². The van der Waals surface area contributed by atoms with Crippen LogP contribution in [0.4, 0.5) is 4.79 Å². The molecule has 0 aliphatic carbocycles. The Morgan fingerprint density at radius 2 is 2.14 bits per heavy atom. The van der Waals surface area contributed by atoms with Crippen molar-refractivity contribution in [2.45, 2.75) is 0 Å². The van der Waals surface area contributed by atoms with Gasteiger partial charge in [0.05, 0.1) is 6.54 Å². The number of amides is 2. The number of hydrogen-bond donors (Lipinski definition) is 0. The monoisotopic (exact) mass is 357 g/mol. The molecule has 112 valence electrons. The summed E-state index contributed by atoms with van der Waals surface area (Å²) >= 11 is 3.27. The van der Waals surface area contributed by atoms with E-state index in [0.29, 0.717) is 5.75 Å². The average molecular weight is 358 g/mol. The predicted octanol–water partition coefficient (Wildman–Crippen LogP) is 1.35. The number of nitrogens with zero attached hydrogens (tertiary/aromatic N) is 1. The number of carbonyl (C=O) groups is 3. The second-order valence-corrected chi connectivity index (χ2v) is 4.98. The van der Waals surface area contributed by atoms with E-state index in [1.807, 2.05) is 6.07 Å². The smallest absolute Gasteiger partial charge is 0.416 e. The zero-order valence-corrected chi connectivity index (χ0v) is 12.5. The molecule has 1 heterocycles. The first-order valence-corrected chi connectivity index (χ1v) is 6.86. The predicted molar refractivity (Wildman–Crippen MR) is 73.7 cm³/mol. The Labute approximate surface area is 128 Å². The molecule has 2 rings (SSSR count). The van der Waals surface area contributed by atoms with Gasteiger partial charge in [-0.05, 0) is 18.2 Å². The lowest BCUT2D eigenvalue weighted by atomic mass is 10.3. The Kier molecular flexibility index (Phi) is 5.15. The number of imide groups is 1. The summed E-state index contributed by atoms with van der Waals surface area (Å²) < 4.78 is 15.4. The van der Waals surface area contributed by atoms with Crippen molar-refractivity contribution < 1.29 is 28.6 Å². The van der Waals surface area contributed by atoms with Gasteiger partial charge in [-0.1, -0.05) is 22.0 Å². The number of carbonyl (C=O) groups excluding carboxylic acids is 3. The van der Waals surface area contributed by atoms with Crippen LogP contribution in [0.25, 0.3) is 0 Å². The minimum Gasteiger partial charge on any atom is -0.482 e. The molecular weight excluding hydrogens is 346 g/mol. The molecule has 0 bridgehead atoms. The molecule has 21 heavy (non-hydrogen) atoms. The maximum Gasteiger partial charge on any atom is 0.416 e. The normalized spacial score (nSPS) is 13.8. The van der Waals surface area contributed by atoms with Gasteiger partial charge < -0.3 is 14.2 Å². The average Bonchev–Trinajstić information content (AvgIpc) is 2.89. The van der Waals surface area contributed by atoms with Crippen molar-refractivity contribution >= 4 is 33.9 Å². The van der Waals surface area contributed by atoms with Gasteiger partial charge >= 0.3 is 12.1 Å². The van der Waals surface area contributed by atoms with Crippen molar-refractivity contribution in [3.8, 4) is 5.75 Å². The molecule has 0 saturated carbocycles. The topological polar surface area (TPSA) is 82.1 Å². The van der Waals surface area contributed by atoms with Gasteiger partial charge in [-0.2, -0.15) is 0 Å². The van der Waals surface area contributed by atoms with Crippen molar-refractivity contribution in [2.24, 2.45) is 0 Å². The zero-order valence-electron chi connectivity index (χ0n) is 10.9. The number of cyclic esters (lactones) is 1. The lowest BCUT2D eigenvalue weighted by Gasteiger charge is -2.11. The second kappa shape index (κ2) is 7.07. The number of hydrogen-bond acceptors (Lipinski definition) is 6. The van der Waals surface area contributed by atoms with Crippen molar-refractivity contribution in [2.75, 3.05) is 26.4 Å². The summed E-state index contributed by atoms with van der Waals surface area (Å²) in [5, 5.41) is 0. The van der Waals surface area contributed by atoms with Gasteiger partial charge in [0.1, 0.15) is 12.4 Å². The summed E-state index contributed by atoms with van der Waals surface area (Å²) in [6.07, 6.45) is -0.721. The zero-order chi connectivity index (χ0) is 15.2. The van der Waals surface area contributed by atoms with Crippen molar-refractivity contribution in [3.05, 3.63) is 28.7 Å². The molecule has 1 fully saturated rings. The van der Waals surface area contributed by atoms with Crippen LogP contribution < -0.4 is 4.74 Å². The molecule has 0 aromatic heterocycles. The molecule has 0 unspecified atom stereocenters. The van der Waals surface area contributed by atoms with E-state index in [4.69, 9.17) is 9.47 Å². The van der Waals surface area contributed by atoms with Crippen molar-refractivity contribution in [3.63, 3.8) is 0 Å². The quantitative estimate of drug-likeness (QED) is 0.739. The second-order valence-electron chi connectivity index (χ2n) is 4.07. The standard InChI is InChI=1S/C13H12BrNO6/c14-9-2-1-3-10(6-9)20-8-12(17)21-7-11(16)15-4-5-19-13(15)18/h1-3,6H,4-5,7-8H2. The first-order valence-electron chi connectivity index (χ1n) is 6.07. The molecule has 0 radical (unpaired) electrons. The largest absolute Gasteiger partial charge is 0.482 e. The summed E-state index contributed by atoms with van der Waals surface area (Å²) in [5.74, 6) is -0.819. The van der Waals surface area contributed by atoms with E-state index in [-0.39, 0.29) is 19.8 Å². The molecule has 1 saturated heterocycles. The Morgan fingerprint density at radius 1 is 1.33 bits per heavy atom. The highest BCUT2D eigenvalue weighted by molar-refractivity contribution is 9.10. The number of ether oxygens (including phenoxy) is 3. The van der Waals surface area contributed by atoms with E-state index in [1.54, 1.807) is 18.2 Å². The fourth-order valence-electron chi connectivity index (χ4n) is 1.58. The van der Waals surface area contributed by atoms with E-state index in [1.165, 1.54) is 0 Å². The Balaban J connectivity index is 1.72. The van der Waals surface area contributed by atoms with Crippen LogP contribution in [0, 0.1) is 0 Å². The van der Waals surface area contributed by atoms with Crippen LogP contribution in [-0.2, 0) is 19.1 Å². The van der Waals surface area contributed by atoms with E-state index >= 15 is 0 Å². The van der Waals surface area contributed by atoms with Gasteiger partial charge in [0.15, 0.2) is 13.2 Å². The number of benzene rings is 1. The fourth-order valence-corrected chi connectivity index (χ4v) is 1.96. The van der Waals surface area contributed by atoms with Gasteiger partial charge in [0, 0.05) is 4.47 Å². The van der Waals surface area contributed by atoms with E-state index in [9.17, 15) is 14.4 Å². The molecule has 1 aromatic carbocycles. The first kappa shape index (κ1) is 15.3. The van der Waals surface area contributed by atoms with Gasteiger partial charge in [-0.15, -0.1) is 0 Å². The summed E-state index contributed by atoms with van der Waals surface area (Å²) in [6, 6.07) is 6.95. The van der Waals surface area contributed by atoms with E-state index < -0.39 is 24.6 Å². The molecule has 1 aromatic rings. The third-order valence-corrected chi connectivity index (χ3v) is 3.06. The van der Waals surface area contributed by atoms with Crippen LogP contribution in [-0.4, -0.2) is 49.2 Å². The molecule has 0 N–H and O–H groups in total. The molecule has 0 spiro atoms. The van der Waals surface area contributed by atoms with Gasteiger partial charge in [-0.25, -0.2) is 14.5 Å². The van der Waals surface area contributed by atoms with Crippen LogP contribution in [0.3, 0.4) is 0 Å². The maximum absolute atomic E-state index is 11.6. The highest BCUT2D eigenvalue weighted by Gasteiger charge is 2.28. The summed E-state index contributed by atoms with van der Waals surface area (Å²) in [7, 11) is 0. The summed E-state index contributed by atoms with van der Waals surface area (Å²) in [6.45, 7) is -0.516.